The van der Waals surface area contributed by atoms with Gasteiger partial charge in [-0.05, 0) is 35.9 Å². The summed E-state index contributed by atoms with van der Waals surface area (Å²) in [5, 5.41) is 3.32. The molecule has 6 heteroatoms. The number of hydrogen-bond donors (Lipinski definition) is 1. The van der Waals surface area contributed by atoms with E-state index in [4.69, 9.17) is 9.47 Å². The van der Waals surface area contributed by atoms with Crippen molar-refractivity contribution in [2.45, 2.75) is 6.61 Å². The van der Waals surface area contributed by atoms with E-state index in [0.717, 1.165) is 41.9 Å². The highest BCUT2D eigenvalue weighted by Crippen LogP contribution is 2.21. The van der Waals surface area contributed by atoms with Crippen LogP contribution in [0.1, 0.15) is 5.56 Å². The summed E-state index contributed by atoms with van der Waals surface area (Å²) in [7, 11) is 0. The summed E-state index contributed by atoms with van der Waals surface area (Å²) in [6, 6.07) is 19.9. The van der Waals surface area contributed by atoms with Crippen LogP contribution in [0.25, 0.3) is 0 Å². The number of morpholine rings is 1. The number of aromatic nitrogens is 2. The number of rotatable bonds is 6. The van der Waals surface area contributed by atoms with Crippen LogP contribution in [0.4, 0.5) is 17.5 Å². The van der Waals surface area contributed by atoms with E-state index in [1.807, 2.05) is 48.5 Å². The van der Waals surface area contributed by atoms with Crippen molar-refractivity contribution in [3.8, 4) is 5.75 Å². The Balaban J connectivity index is 1.37. The highest BCUT2D eigenvalue weighted by Gasteiger charge is 2.13. The van der Waals surface area contributed by atoms with Gasteiger partial charge in [0, 0.05) is 25.0 Å². The summed E-state index contributed by atoms with van der Waals surface area (Å²) in [5.74, 6) is 2.33. The van der Waals surface area contributed by atoms with Gasteiger partial charge in [-0.15, -0.1) is 0 Å². The molecule has 0 aliphatic carbocycles. The lowest BCUT2D eigenvalue weighted by Gasteiger charge is -2.26. The Hall–Kier alpha value is -3.12. The third-order valence-corrected chi connectivity index (χ3v) is 4.31. The van der Waals surface area contributed by atoms with Crippen LogP contribution in [0.3, 0.4) is 0 Å². The largest absolute Gasteiger partial charge is 0.489 e. The van der Waals surface area contributed by atoms with E-state index < -0.39 is 0 Å². The molecule has 1 aliphatic heterocycles. The van der Waals surface area contributed by atoms with E-state index in [-0.39, 0.29) is 0 Å². The molecular formula is C21H22N4O2. The summed E-state index contributed by atoms with van der Waals surface area (Å²) in [5.41, 5.74) is 2.10. The fraction of sp³-hybridized carbons (Fsp3) is 0.238. The normalized spacial score (nSPS) is 14.0. The Bertz CT molecular complexity index is 850. The van der Waals surface area contributed by atoms with Crippen molar-refractivity contribution in [3.05, 3.63) is 72.4 Å². The van der Waals surface area contributed by atoms with Gasteiger partial charge in [-0.1, -0.05) is 30.3 Å². The molecule has 2 heterocycles. The lowest BCUT2D eigenvalue weighted by molar-refractivity contribution is 0.122. The van der Waals surface area contributed by atoms with Crippen LogP contribution in [0, 0.1) is 0 Å². The Morgan fingerprint density at radius 1 is 0.963 bits per heavy atom. The van der Waals surface area contributed by atoms with E-state index in [0.29, 0.717) is 19.8 Å². The van der Waals surface area contributed by atoms with Crippen LogP contribution < -0.4 is 15.0 Å². The fourth-order valence-corrected chi connectivity index (χ4v) is 2.86. The molecule has 1 aromatic heterocycles. The predicted molar refractivity (Wildman–Crippen MR) is 106 cm³/mol. The molecule has 0 saturated carbocycles. The van der Waals surface area contributed by atoms with Gasteiger partial charge in [-0.3, -0.25) is 0 Å². The standard InChI is InChI=1S/C21H22N4O2/c1-2-4-17(5-3-1)16-27-19-8-6-18(7-9-19)23-20-10-11-22-21(24-20)25-12-14-26-15-13-25/h1-11H,12-16H2,(H,22,23,24). The van der Waals surface area contributed by atoms with E-state index in [1.54, 1.807) is 6.20 Å². The Morgan fingerprint density at radius 3 is 2.52 bits per heavy atom. The Morgan fingerprint density at radius 2 is 1.74 bits per heavy atom. The molecule has 0 bridgehead atoms. The molecule has 0 amide bonds. The number of anilines is 3. The van der Waals surface area contributed by atoms with Crippen LogP contribution in [0.15, 0.2) is 66.9 Å². The topological polar surface area (TPSA) is 59.5 Å². The molecule has 0 unspecified atom stereocenters. The summed E-state index contributed by atoms with van der Waals surface area (Å²) in [4.78, 5) is 11.1. The third-order valence-electron chi connectivity index (χ3n) is 4.31. The van der Waals surface area contributed by atoms with Crippen LogP contribution in [-0.2, 0) is 11.3 Å². The zero-order valence-corrected chi connectivity index (χ0v) is 15.0. The maximum atomic E-state index is 5.82. The van der Waals surface area contributed by atoms with Crippen LogP contribution in [-0.4, -0.2) is 36.3 Å². The van der Waals surface area contributed by atoms with E-state index in [9.17, 15) is 0 Å². The summed E-state index contributed by atoms with van der Waals surface area (Å²) < 4.78 is 11.2. The lowest BCUT2D eigenvalue weighted by atomic mass is 10.2. The van der Waals surface area contributed by atoms with Crippen molar-refractivity contribution in [2.75, 3.05) is 36.5 Å². The molecule has 0 radical (unpaired) electrons. The molecule has 2 aromatic carbocycles. The first-order valence-corrected chi connectivity index (χ1v) is 9.06. The van der Waals surface area contributed by atoms with Gasteiger partial charge in [0.25, 0.3) is 0 Å². The molecule has 4 rings (SSSR count). The highest BCUT2D eigenvalue weighted by molar-refractivity contribution is 5.58. The van der Waals surface area contributed by atoms with Gasteiger partial charge >= 0.3 is 0 Å². The van der Waals surface area contributed by atoms with Crippen LogP contribution >= 0.6 is 0 Å². The van der Waals surface area contributed by atoms with Gasteiger partial charge in [0.1, 0.15) is 18.2 Å². The predicted octanol–water partition coefficient (Wildman–Crippen LogP) is 3.64. The highest BCUT2D eigenvalue weighted by atomic mass is 16.5. The molecule has 1 saturated heterocycles. The van der Waals surface area contributed by atoms with Crippen molar-refractivity contribution < 1.29 is 9.47 Å². The maximum Gasteiger partial charge on any atom is 0.227 e. The summed E-state index contributed by atoms with van der Waals surface area (Å²) >= 11 is 0. The van der Waals surface area contributed by atoms with Gasteiger partial charge < -0.3 is 19.7 Å². The van der Waals surface area contributed by atoms with Crippen LogP contribution in [0.5, 0.6) is 5.75 Å². The molecule has 3 aromatic rings. The SMILES string of the molecule is c1ccc(COc2ccc(Nc3ccnc(N4CCOCC4)n3)cc2)cc1. The Labute approximate surface area is 158 Å². The fourth-order valence-electron chi connectivity index (χ4n) is 2.86. The van der Waals surface area contributed by atoms with Gasteiger partial charge in [-0.25, -0.2) is 4.98 Å². The molecule has 1 N–H and O–H groups in total. The first-order chi connectivity index (χ1) is 13.4. The molecule has 1 aliphatic rings. The van der Waals surface area contributed by atoms with E-state index >= 15 is 0 Å². The first kappa shape index (κ1) is 17.3. The van der Waals surface area contributed by atoms with Crippen LogP contribution in [0.2, 0.25) is 0 Å². The number of nitrogens with zero attached hydrogens (tertiary/aromatic N) is 3. The number of nitrogens with one attached hydrogen (secondary N) is 1. The smallest absolute Gasteiger partial charge is 0.227 e. The van der Waals surface area contributed by atoms with E-state index in [1.165, 1.54) is 0 Å². The minimum absolute atomic E-state index is 0.558. The minimum atomic E-state index is 0.558. The number of benzene rings is 2. The van der Waals surface area contributed by atoms with Gasteiger partial charge in [0.05, 0.1) is 13.2 Å². The maximum absolute atomic E-state index is 5.82. The zero-order valence-electron chi connectivity index (χ0n) is 15.0. The average molecular weight is 362 g/mol. The van der Waals surface area contributed by atoms with Crippen molar-refractivity contribution in [2.24, 2.45) is 0 Å². The minimum Gasteiger partial charge on any atom is -0.489 e. The molecular weight excluding hydrogens is 340 g/mol. The molecule has 138 valence electrons. The summed E-state index contributed by atoms with van der Waals surface area (Å²) in [6.45, 7) is 3.62. The monoisotopic (exact) mass is 362 g/mol. The van der Waals surface area contributed by atoms with Gasteiger partial charge in [0.2, 0.25) is 5.95 Å². The zero-order chi connectivity index (χ0) is 18.3. The second kappa shape index (κ2) is 8.51. The molecule has 27 heavy (non-hydrogen) atoms. The van der Waals surface area contributed by atoms with Gasteiger partial charge in [0.15, 0.2) is 0 Å². The second-order valence-corrected chi connectivity index (χ2v) is 6.26. The van der Waals surface area contributed by atoms with Gasteiger partial charge in [-0.2, -0.15) is 4.98 Å². The molecule has 1 fully saturated rings. The van der Waals surface area contributed by atoms with Crippen molar-refractivity contribution in [1.29, 1.82) is 0 Å². The number of ether oxygens (including phenoxy) is 2. The molecule has 6 nitrogen and oxygen atoms in total. The quantitative estimate of drug-likeness (QED) is 0.722. The second-order valence-electron chi connectivity index (χ2n) is 6.26. The average Bonchev–Trinajstić information content (AvgIpc) is 2.75. The third kappa shape index (κ3) is 4.74. The van der Waals surface area contributed by atoms with Crippen molar-refractivity contribution >= 4 is 17.5 Å². The molecule has 0 spiro atoms. The number of hydrogen-bond acceptors (Lipinski definition) is 6. The Kier molecular flexibility index (Phi) is 5.45. The van der Waals surface area contributed by atoms with Crippen molar-refractivity contribution in [1.82, 2.24) is 9.97 Å². The molecule has 0 atom stereocenters. The lowest BCUT2D eigenvalue weighted by Crippen LogP contribution is -2.37. The van der Waals surface area contributed by atoms with E-state index in [2.05, 4.69) is 32.3 Å². The summed E-state index contributed by atoms with van der Waals surface area (Å²) in [6.07, 6.45) is 1.78. The first-order valence-electron chi connectivity index (χ1n) is 9.06. The van der Waals surface area contributed by atoms with Crippen molar-refractivity contribution in [3.63, 3.8) is 0 Å².